The van der Waals surface area contributed by atoms with E-state index in [1.807, 2.05) is 12.1 Å². The lowest BCUT2D eigenvalue weighted by molar-refractivity contribution is -0.0453. The van der Waals surface area contributed by atoms with Gasteiger partial charge in [-0.2, -0.15) is 0 Å². The van der Waals surface area contributed by atoms with Gasteiger partial charge >= 0.3 is 0 Å². The predicted molar refractivity (Wildman–Crippen MR) is 92.8 cm³/mol. The van der Waals surface area contributed by atoms with Crippen molar-refractivity contribution >= 4 is 17.0 Å². The summed E-state index contributed by atoms with van der Waals surface area (Å²) in [5.74, 6) is 2.09. The van der Waals surface area contributed by atoms with E-state index in [2.05, 4.69) is 24.1 Å². The number of piperidine rings is 1. The van der Waals surface area contributed by atoms with E-state index >= 15 is 0 Å². The fourth-order valence-corrected chi connectivity index (χ4v) is 5.39. The van der Waals surface area contributed by atoms with Crippen LogP contribution in [0, 0.1) is 5.92 Å². The fourth-order valence-electron chi connectivity index (χ4n) is 5.39. The number of likely N-dealkylation sites (tertiary alicyclic amines) is 1. The van der Waals surface area contributed by atoms with Gasteiger partial charge in [0.05, 0.1) is 7.11 Å². The Kier molecular flexibility index (Phi) is 3.35. The molecular formula is C18H22BrNO3. The van der Waals surface area contributed by atoms with Crippen molar-refractivity contribution in [2.24, 2.45) is 5.92 Å². The first-order chi connectivity index (χ1) is 10.7. The average Bonchev–Trinajstić information content (AvgIpc) is 2.88. The Morgan fingerprint density at radius 1 is 1.35 bits per heavy atom. The van der Waals surface area contributed by atoms with Gasteiger partial charge in [-0.3, -0.25) is 0 Å². The fraction of sp³-hybridized carbons (Fsp3) is 0.556. The Morgan fingerprint density at radius 3 is 2.96 bits per heavy atom. The number of benzene rings is 1. The highest BCUT2D eigenvalue weighted by atomic mass is 79.9. The van der Waals surface area contributed by atoms with E-state index in [1.165, 1.54) is 11.1 Å². The van der Waals surface area contributed by atoms with Crippen molar-refractivity contribution in [2.75, 3.05) is 20.7 Å². The van der Waals surface area contributed by atoms with E-state index in [0.717, 1.165) is 30.9 Å². The van der Waals surface area contributed by atoms with Gasteiger partial charge in [-0.25, -0.2) is 0 Å². The first-order valence-corrected chi connectivity index (χ1v) is 8.10. The van der Waals surface area contributed by atoms with Crippen molar-refractivity contribution in [2.45, 2.75) is 36.5 Å². The van der Waals surface area contributed by atoms with E-state index in [4.69, 9.17) is 9.47 Å². The zero-order chi connectivity index (χ0) is 15.1. The number of aliphatic hydroxyl groups is 1. The van der Waals surface area contributed by atoms with Crippen LogP contribution >= 0.6 is 17.0 Å². The summed E-state index contributed by atoms with van der Waals surface area (Å²) in [6.45, 7) is 1.05. The summed E-state index contributed by atoms with van der Waals surface area (Å²) in [6, 6.07) is 4.70. The van der Waals surface area contributed by atoms with Crippen LogP contribution in [0.15, 0.2) is 24.3 Å². The third-order valence-corrected chi connectivity index (χ3v) is 6.35. The first kappa shape index (κ1) is 15.5. The number of hydrogen-bond donors (Lipinski definition) is 1. The number of rotatable bonds is 1. The van der Waals surface area contributed by atoms with Gasteiger partial charge in [0.2, 0.25) is 0 Å². The van der Waals surface area contributed by atoms with Crippen LogP contribution in [0.5, 0.6) is 11.5 Å². The molecule has 2 heterocycles. The minimum absolute atomic E-state index is 0. The molecule has 2 aliphatic carbocycles. The van der Waals surface area contributed by atoms with Gasteiger partial charge in [0.25, 0.3) is 0 Å². The number of hydrogen-bond acceptors (Lipinski definition) is 4. The van der Waals surface area contributed by atoms with E-state index in [0.29, 0.717) is 12.0 Å². The van der Waals surface area contributed by atoms with Crippen LogP contribution in [0.1, 0.15) is 17.5 Å². The number of halogens is 1. The van der Waals surface area contributed by atoms with Crippen LogP contribution in [0.2, 0.25) is 0 Å². The van der Waals surface area contributed by atoms with Crippen molar-refractivity contribution in [1.29, 1.82) is 0 Å². The van der Waals surface area contributed by atoms with E-state index in [1.54, 1.807) is 7.11 Å². The highest BCUT2D eigenvalue weighted by Crippen LogP contribution is 2.62. The van der Waals surface area contributed by atoms with Crippen molar-refractivity contribution in [1.82, 2.24) is 4.90 Å². The molecule has 0 radical (unpaired) electrons. The summed E-state index contributed by atoms with van der Waals surface area (Å²) in [5, 5.41) is 10.6. The third kappa shape index (κ3) is 1.68. The molecule has 3 unspecified atom stereocenters. The SMILES string of the molecule is Br.COc1ccc2c3c1O[C@H]1[C@@H](O)C=CC4C(C2)N(C)CCC341. The van der Waals surface area contributed by atoms with Crippen LogP contribution in [-0.2, 0) is 11.8 Å². The highest BCUT2D eigenvalue weighted by Gasteiger charge is 2.64. The molecule has 4 aliphatic rings. The van der Waals surface area contributed by atoms with Gasteiger partial charge in [0.1, 0.15) is 12.2 Å². The molecule has 5 heteroatoms. The second-order valence-electron chi connectivity index (χ2n) is 7.11. The summed E-state index contributed by atoms with van der Waals surface area (Å²) in [6.07, 6.45) is 5.54. The van der Waals surface area contributed by atoms with Crippen LogP contribution in [0.4, 0.5) is 0 Å². The first-order valence-electron chi connectivity index (χ1n) is 8.10. The molecule has 4 nitrogen and oxygen atoms in total. The van der Waals surface area contributed by atoms with Crippen molar-refractivity contribution in [3.63, 3.8) is 0 Å². The second kappa shape index (κ2) is 4.98. The zero-order valence-corrected chi connectivity index (χ0v) is 15.1. The number of ether oxygens (including phenoxy) is 2. The van der Waals surface area contributed by atoms with Crippen LogP contribution in [0.25, 0.3) is 0 Å². The van der Waals surface area contributed by atoms with Crippen molar-refractivity contribution in [3.8, 4) is 11.5 Å². The second-order valence-corrected chi connectivity index (χ2v) is 7.11. The van der Waals surface area contributed by atoms with E-state index in [9.17, 15) is 5.11 Å². The zero-order valence-electron chi connectivity index (χ0n) is 13.4. The Labute approximate surface area is 146 Å². The maximum atomic E-state index is 10.6. The number of nitrogens with zero attached hydrogens (tertiary/aromatic N) is 1. The van der Waals surface area contributed by atoms with Gasteiger partial charge in [-0.15, -0.1) is 17.0 Å². The minimum atomic E-state index is -0.539. The van der Waals surface area contributed by atoms with Gasteiger partial charge in [0.15, 0.2) is 11.5 Å². The quantitative estimate of drug-likeness (QED) is 0.758. The van der Waals surface area contributed by atoms with Crippen LogP contribution in [-0.4, -0.2) is 49.0 Å². The Hall–Kier alpha value is -1.04. The summed E-state index contributed by atoms with van der Waals surface area (Å²) in [4.78, 5) is 2.47. The number of likely N-dealkylation sites (N-methyl/N-ethyl adjacent to an activating group) is 1. The molecule has 0 aromatic heterocycles. The molecule has 1 aromatic rings. The summed E-state index contributed by atoms with van der Waals surface area (Å²) >= 11 is 0. The molecule has 2 bridgehead atoms. The third-order valence-electron chi connectivity index (χ3n) is 6.35. The average molecular weight is 380 g/mol. The van der Waals surface area contributed by atoms with Gasteiger partial charge < -0.3 is 19.5 Å². The molecular weight excluding hydrogens is 358 g/mol. The van der Waals surface area contributed by atoms with Crippen molar-refractivity contribution < 1.29 is 14.6 Å². The molecule has 0 saturated carbocycles. The monoisotopic (exact) mass is 379 g/mol. The van der Waals surface area contributed by atoms with E-state index in [-0.39, 0.29) is 28.5 Å². The Bertz CT molecular complexity index is 691. The largest absolute Gasteiger partial charge is 0.493 e. The molecule has 124 valence electrons. The highest BCUT2D eigenvalue weighted by molar-refractivity contribution is 8.93. The standard InChI is InChI=1S/C18H21NO3.BrH/c1-19-8-7-18-11-4-5-13(20)17(18)22-16-14(21-2)6-3-10(15(16)18)9-12(11)19;/h3-6,11-13,17,20H,7-9H2,1-2H3;1H/t11?,12?,13-,17-,18?;/m0./s1. The predicted octanol–water partition coefficient (Wildman–Crippen LogP) is 2.08. The van der Waals surface area contributed by atoms with Gasteiger partial charge in [-0.1, -0.05) is 18.2 Å². The molecule has 1 spiro atoms. The topological polar surface area (TPSA) is 41.9 Å². The van der Waals surface area contributed by atoms with Gasteiger partial charge in [0, 0.05) is 22.9 Å². The van der Waals surface area contributed by atoms with E-state index < -0.39 is 6.10 Å². The molecule has 1 N–H and O–H groups in total. The normalized spacial score (nSPS) is 39.3. The van der Waals surface area contributed by atoms with Crippen molar-refractivity contribution in [3.05, 3.63) is 35.4 Å². The lowest BCUT2D eigenvalue weighted by Gasteiger charge is -2.56. The van der Waals surface area contributed by atoms with Crippen LogP contribution in [0.3, 0.4) is 0 Å². The smallest absolute Gasteiger partial charge is 0.165 e. The number of aliphatic hydroxyl groups excluding tert-OH is 1. The Balaban J connectivity index is 0.00000135. The maximum absolute atomic E-state index is 10.6. The summed E-state index contributed by atoms with van der Waals surface area (Å²) < 4.78 is 11.8. The minimum Gasteiger partial charge on any atom is -0.493 e. The Morgan fingerprint density at radius 2 is 2.17 bits per heavy atom. The molecule has 5 atom stereocenters. The summed E-state index contributed by atoms with van der Waals surface area (Å²) in [7, 11) is 3.91. The molecule has 1 aromatic carbocycles. The lowest BCUT2D eigenvalue weighted by atomic mass is 9.53. The molecule has 1 saturated heterocycles. The molecule has 2 aliphatic heterocycles. The van der Waals surface area contributed by atoms with Gasteiger partial charge in [-0.05, 0) is 38.1 Å². The molecule has 23 heavy (non-hydrogen) atoms. The molecule has 5 rings (SSSR count). The summed E-state index contributed by atoms with van der Waals surface area (Å²) in [5.41, 5.74) is 2.60. The maximum Gasteiger partial charge on any atom is 0.165 e. The molecule has 1 fully saturated rings. The number of methoxy groups -OCH3 is 1. The van der Waals surface area contributed by atoms with Crippen LogP contribution < -0.4 is 9.47 Å². The molecule has 0 amide bonds. The lowest BCUT2D eigenvalue weighted by Crippen LogP contribution is -2.64.